The third-order valence-electron chi connectivity index (χ3n) is 2.90. The number of hydrogen-bond acceptors (Lipinski definition) is 5. The number of Topliss-reactive ketones (excluding diaryl/α,β-unsaturated/α-hetero) is 1. The zero-order chi connectivity index (χ0) is 13.4. The van der Waals surface area contributed by atoms with Gasteiger partial charge in [0.2, 0.25) is 0 Å². The summed E-state index contributed by atoms with van der Waals surface area (Å²) in [5.74, 6) is 0.0820. The number of thiophene rings is 1. The Bertz CT molecular complexity index is 759. The minimum atomic E-state index is 0.0820. The molecule has 0 aliphatic heterocycles. The van der Waals surface area contributed by atoms with Crippen LogP contribution in [0.25, 0.3) is 16.1 Å². The van der Waals surface area contributed by atoms with Gasteiger partial charge in [-0.05, 0) is 31.5 Å². The molecule has 3 rings (SSSR count). The average Bonchev–Trinajstić information content (AvgIpc) is 3.06. The van der Waals surface area contributed by atoms with E-state index in [1.54, 1.807) is 17.8 Å². The van der Waals surface area contributed by atoms with Gasteiger partial charge in [-0.1, -0.05) is 6.92 Å². The monoisotopic (exact) mass is 272 g/mol. The van der Waals surface area contributed by atoms with E-state index in [4.69, 9.17) is 0 Å². The Hall–Kier alpha value is -2.08. The Morgan fingerprint density at radius 3 is 2.95 bits per heavy atom. The lowest BCUT2D eigenvalue weighted by atomic mass is 10.2. The largest absolute Gasteiger partial charge is 0.294 e. The summed E-state index contributed by atoms with van der Waals surface area (Å²) in [7, 11) is 0. The summed E-state index contributed by atoms with van der Waals surface area (Å²) in [4.78, 5) is 13.2. The van der Waals surface area contributed by atoms with Gasteiger partial charge in [0.1, 0.15) is 6.33 Å². The summed E-state index contributed by atoms with van der Waals surface area (Å²) < 4.78 is 1.68. The molecule has 0 aliphatic rings. The van der Waals surface area contributed by atoms with Crippen molar-refractivity contribution in [3.05, 3.63) is 35.1 Å². The van der Waals surface area contributed by atoms with Crippen LogP contribution in [-0.2, 0) is 6.42 Å². The van der Waals surface area contributed by atoms with E-state index in [-0.39, 0.29) is 5.78 Å². The van der Waals surface area contributed by atoms with Gasteiger partial charge in [0.05, 0.1) is 10.6 Å². The van der Waals surface area contributed by atoms with Crippen molar-refractivity contribution in [2.45, 2.75) is 20.3 Å². The van der Waals surface area contributed by atoms with Crippen molar-refractivity contribution >= 4 is 22.8 Å². The summed E-state index contributed by atoms with van der Waals surface area (Å²) in [5.41, 5.74) is 2.66. The number of nitrogens with zero attached hydrogens (tertiary/aromatic N) is 4. The van der Waals surface area contributed by atoms with Crippen molar-refractivity contribution in [3.8, 4) is 10.4 Å². The summed E-state index contributed by atoms with van der Waals surface area (Å²) in [6.07, 6.45) is 2.43. The fraction of sp³-hybridized carbons (Fsp3) is 0.231. The van der Waals surface area contributed by atoms with Crippen molar-refractivity contribution < 1.29 is 4.79 Å². The molecule has 0 amide bonds. The molecule has 0 saturated heterocycles. The van der Waals surface area contributed by atoms with Gasteiger partial charge in [-0.15, -0.1) is 21.5 Å². The highest BCUT2D eigenvalue weighted by atomic mass is 32.1. The minimum Gasteiger partial charge on any atom is -0.294 e. The molecule has 19 heavy (non-hydrogen) atoms. The number of carbonyl (C=O) groups excluding carboxylic acids is 1. The number of fused-ring (bicyclic) bond motifs is 1. The van der Waals surface area contributed by atoms with Crippen LogP contribution in [0.1, 0.15) is 29.2 Å². The zero-order valence-electron chi connectivity index (χ0n) is 10.6. The second-order valence-electron chi connectivity index (χ2n) is 4.22. The van der Waals surface area contributed by atoms with E-state index in [9.17, 15) is 4.79 Å². The lowest BCUT2D eigenvalue weighted by Gasteiger charge is -2.03. The lowest BCUT2D eigenvalue weighted by Crippen LogP contribution is -1.98. The summed E-state index contributed by atoms with van der Waals surface area (Å²) in [5, 5.41) is 12.4. The molecule has 0 N–H and O–H groups in total. The predicted molar refractivity (Wildman–Crippen MR) is 73.5 cm³/mol. The normalized spacial score (nSPS) is 11.1. The van der Waals surface area contributed by atoms with Gasteiger partial charge in [0.15, 0.2) is 11.4 Å². The average molecular weight is 272 g/mol. The van der Waals surface area contributed by atoms with Gasteiger partial charge >= 0.3 is 0 Å². The van der Waals surface area contributed by atoms with Gasteiger partial charge in [-0.25, -0.2) is 0 Å². The van der Waals surface area contributed by atoms with Crippen molar-refractivity contribution in [3.63, 3.8) is 0 Å². The van der Waals surface area contributed by atoms with Crippen LogP contribution in [0.5, 0.6) is 0 Å². The topological polar surface area (TPSA) is 60.2 Å². The molecular formula is C13H12N4OS. The Morgan fingerprint density at radius 2 is 2.26 bits per heavy atom. The molecular weight excluding hydrogens is 260 g/mol. The molecule has 3 heterocycles. The quantitative estimate of drug-likeness (QED) is 0.688. The first-order valence-electron chi connectivity index (χ1n) is 6.00. The number of hydrogen-bond donors (Lipinski definition) is 0. The first kappa shape index (κ1) is 12.0. The molecule has 0 atom stereocenters. The van der Waals surface area contributed by atoms with Crippen LogP contribution in [0.3, 0.4) is 0 Å². The van der Waals surface area contributed by atoms with Crippen LogP contribution < -0.4 is 0 Å². The maximum absolute atomic E-state index is 11.4. The number of carbonyl (C=O) groups is 1. The number of ketones is 1. The molecule has 3 aromatic heterocycles. The third kappa shape index (κ3) is 2.04. The highest BCUT2D eigenvalue weighted by molar-refractivity contribution is 7.17. The van der Waals surface area contributed by atoms with Gasteiger partial charge in [-0.3, -0.25) is 4.79 Å². The number of aromatic nitrogens is 4. The molecule has 0 bridgehead atoms. The van der Waals surface area contributed by atoms with Crippen molar-refractivity contribution in [2.24, 2.45) is 0 Å². The number of aryl methyl sites for hydroxylation is 1. The van der Waals surface area contributed by atoms with E-state index in [0.717, 1.165) is 27.4 Å². The highest BCUT2D eigenvalue weighted by Gasteiger charge is 2.13. The highest BCUT2D eigenvalue weighted by Crippen LogP contribution is 2.31. The molecule has 0 saturated carbocycles. The first-order chi connectivity index (χ1) is 9.19. The molecule has 0 fully saturated rings. The Kier molecular flexibility index (Phi) is 2.87. The molecule has 0 aromatic carbocycles. The van der Waals surface area contributed by atoms with Gasteiger partial charge in [0, 0.05) is 10.4 Å². The minimum absolute atomic E-state index is 0.0820. The molecule has 0 spiro atoms. The Balaban J connectivity index is 2.21. The maximum atomic E-state index is 11.4. The van der Waals surface area contributed by atoms with Crippen LogP contribution in [-0.4, -0.2) is 25.6 Å². The van der Waals surface area contributed by atoms with Crippen LogP contribution in [0.15, 0.2) is 24.5 Å². The fourth-order valence-corrected chi connectivity index (χ4v) is 2.82. The maximum Gasteiger partial charge on any atom is 0.186 e. The summed E-state index contributed by atoms with van der Waals surface area (Å²) >= 11 is 1.47. The van der Waals surface area contributed by atoms with Gasteiger partial charge < -0.3 is 0 Å². The Morgan fingerprint density at radius 1 is 1.42 bits per heavy atom. The second-order valence-corrected chi connectivity index (χ2v) is 5.31. The van der Waals surface area contributed by atoms with E-state index in [0.29, 0.717) is 5.65 Å². The smallest absolute Gasteiger partial charge is 0.186 e. The summed E-state index contributed by atoms with van der Waals surface area (Å²) in [6, 6.07) is 5.81. The molecule has 0 unspecified atom stereocenters. The van der Waals surface area contributed by atoms with Crippen molar-refractivity contribution in [1.82, 2.24) is 19.8 Å². The van der Waals surface area contributed by atoms with Crippen LogP contribution in [0.2, 0.25) is 0 Å². The predicted octanol–water partition coefficient (Wildman–Crippen LogP) is 2.62. The van der Waals surface area contributed by atoms with Crippen LogP contribution in [0, 0.1) is 0 Å². The van der Waals surface area contributed by atoms with E-state index < -0.39 is 0 Å². The van der Waals surface area contributed by atoms with E-state index in [1.807, 2.05) is 18.2 Å². The molecule has 96 valence electrons. The van der Waals surface area contributed by atoms with Crippen LogP contribution in [0.4, 0.5) is 0 Å². The van der Waals surface area contributed by atoms with Crippen LogP contribution >= 0.6 is 11.3 Å². The molecule has 0 aliphatic carbocycles. The Labute approximate surface area is 113 Å². The molecule has 5 nitrogen and oxygen atoms in total. The van der Waals surface area contributed by atoms with E-state index in [1.165, 1.54) is 11.3 Å². The fourth-order valence-electron chi connectivity index (χ4n) is 1.90. The first-order valence-corrected chi connectivity index (χ1v) is 6.81. The molecule has 3 aromatic rings. The SMILES string of the molecule is CCc1cc(-c2ccc(C(C)=O)s2)c2nncn2n1. The second kappa shape index (κ2) is 4.55. The third-order valence-corrected chi connectivity index (χ3v) is 4.12. The van der Waals surface area contributed by atoms with E-state index >= 15 is 0 Å². The lowest BCUT2D eigenvalue weighted by molar-refractivity contribution is 0.102. The van der Waals surface area contributed by atoms with Gasteiger partial charge in [-0.2, -0.15) is 9.61 Å². The zero-order valence-corrected chi connectivity index (χ0v) is 11.4. The molecule has 0 radical (unpaired) electrons. The standard InChI is InChI=1S/C13H12N4OS/c1-3-9-6-10(13-15-14-7-17(13)16-9)12-5-4-11(19-12)8(2)18/h4-7H,3H2,1-2H3. The molecule has 6 heteroatoms. The van der Waals surface area contributed by atoms with Crippen molar-refractivity contribution in [2.75, 3.05) is 0 Å². The van der Waals surface area contributed by atoms with Crippen molar-refractivity contribution in [1.29, 1.82) is 0 Å². The number of rotatable bonds is 3. The summed E-state index contributed by atoms with van der Waals surface area (Å²) in [6.45, 7) is 3.63. The van der Waals surface area contributed by atoms with Gasteiger partial charge in [0.25, 0.3) is 0 Å². The van der Waals surface area contributed by atoms with E-state index in [2.05, 4.69) is 22.2 Å².